The second kappa shape index (κ2) is 11.6. The topological polar surface area (TPSA) is 74.8 Å². The minimum Gasteiger partial charge on any atom is -0.492 e. The molecule has 0 unspecified atom stereocenters. The first kappa shape index (κ1) is 20.3. The predicted octanol–water partition coefficient (Wildman–Crippen LogP) is 2.25. The number of carbonyl (C=O) groups excluding carboxylic acids is 1. The van der Waals surface area contributed by atoms with Gasteiger partial charge in [0.05, 0.1) is 6.54 Å². The molecule has 0 atom stereocenters. The average molecular weight is 368 g/mol. The molecule has 144 valence electrons. The zero-order chi connectivity index (χ0) is 19.3. The summed E-state index contributed by atoms with van der Waals surface area (Å²) in [5.74, 6) is 1.50. The van der Waals surface area contributed by atoms with Crippen molar-refractivity contribution in [1.29, 1.82) is 0 Å². The van der Waals surface area contributed by atoms with Crippen molar-refractivity contribution in [3.8, 4) is 5.75 Å². The van der Waals surface area contributed by atoms with Gasteiger partial charge in [0.15, 0.2) is 5.96 Å². The number of ether oxygens (including phenoxy) is 1. The fourth-order valence-electron chi connectivity index (χ4n) is 2.37. The van der Waals surface area contributed by atoms with E-state index in [4.69, 9.17) is 4.74 Å². The molecule has 3 N–H and O–H groups in total. The number of hydrogen-bond acceptors (Lipinski definition) is 3. The van der Waals surface area contributed by atoms with Gasteiger partial charge in [0, 0.05) is 26.6 Å². The van der Waals surface area contributed by atoms with Crippen molar-refractivity contribution < 1.29 is 9.53 Å². The summed E-state index contributed by atoms with van der Waals surface area (Å²) in [6.07, 6.45) is 0.382. The first-order valence-corrected chi connectivity index (χ1v) is 9.12. The predicted molar refractivity (Wildman–Crippen MR) is 109 cm³/mol. The summed E-state index contributed by atoms with van der Waals surface area (Å²) in [5.41, 5.74) is 2.29. The Morgan fingerprint density at radius 1 is 0.963 bits per heavy atom. The first-order valence-electron chi connectivity index (χ1n) is 9.12. The van der Waals surface area contributed by atoms with E-state index in [9.17, 15) is 4.79 Å². The highest BCUT2D eigenvalue weighted by atomic mass is 16.5. The van der Waals surface area contributed by atoms with Crippen LogP contribution in [-0.2, 0) is 11.3 Å². The van der Waals surface area contributed by atoms with Crippen LogP contribution in [-0.4, -0.2) is 38.6 Å². The third-order valence-electron chi connectivity index (χ3n) is 3.88. The number of aryl methyl sites for hydroxylation is 1. The molecular formula is C21H28N4O2. The number of nitrogens with one attached hydrogen (secondary N) is 3. The molecule has 2 rings (SSSR count). The molecule has 0 fully saturated rings. The molecule has 0 saturated heterocycles. The summed E-state index contributed by atoms with van der Waals surface area (Å²) in [6, 6.07) is 17.8. The van der Waals surface area contributed by atoms with Crippen molar-refractivity contribution in [3.63, 3.8) is 0 Å². The number of nitrogens with zero attached hydrogens (tertiary/aromatic N) is 1. The lowest BCUT2D eigenvalue weighted by atomic mass is 10.2. The van der Waals surface area contributed by atoms with Crippen molar-refractivity contribution >= 4 is 11.9 Å². The van der Waals surface area contributed by atoms with Gasteiger partial charge < -0.3 is 20.7 Å². The van der Waals surface area contributed by atoms with Gasteiger partial charge in [-0.2, -0.15) is 0 Å². The SMILES string of the molecule is CN=C(NCCOc1ccc(C)cc1)NCCC(=O)NCc1ccccc1. The largest absolute Gasteiger partial charge is 0.492 e. The number of rotatable bonds is 9. The van der Waals surface area contributed by atoms with Gasteiger partial charge in [0.2, 0.25) is 5.91 Å². The number of aliphatic imine (C=N–C) groups is 1. The molecule has 2 aromatic carbocycles. The Kier molecular flexibility index (Phi) is 8.69. The Bertz CT molecular complexity index is 715. The molecule has 0 aliphatic rings. The van der Waals surface area contributed by atoms with Crippen molar-refractivity contribution in [3.05, 3.63) is 65.7 Å². The van der Waals surface area contributed by atoms with Crippen LogP contribution in [0.1, 0.15) is 17.5 Å². The molecule has 6 heteroatoms. The van der Waals surface area contributed by atoms with E-state index in [1.54, 1.807) is 7.05 Å². The molecule has 0 saturated carbocycles. The standard InChI is InChI=1S/C21H28N4O2/c1-17-8-10-19(11-9-17)27-15-14-24-21(22-2)23-13-12-20(26)25-16-18-6-4-3-5-7-18/h3-11H,12-16H2,1-2H3,(H,25,26)(H2,22,23,24). The summed E-state index contributed by atoms with van der Waals surface area (Å²) in [7, 11) is 1.70. The van der Waals surface area contributed by atoms with Gasteiger partial charge in [-0.05, 0) is 24.6 Å². The summed E-state index contributed by atoms with van der Waals surface area (Å²) in [4.78, 5) is 16.0. The van der Waals surface area contributed by atoms with Gasteiger partial charge in [0.1, 0.15) is 12.4 Å². The Balaban J connectivity index is 1.56. The van der Waals surface area contributed by atoms with E-state index in [0.29, 0.717) is 38.6 Å². The van der Waals surface area contributed by atoms with E-state index in [1.165, 1.54) is 5.56 Å². The number of benzene rings is 2. The Labute approximate surface area is 161 Å². The fraction of sp³-hybridized carbons (Fsp3) is 0.333. The molecule has 2 aromatic rings. The molecule has 0 bridgehead atoms. The van der Waals surface area contributed by atoms with E-state index in [-0.39, 0.29) is 5.91 Å². The maximum absolute atomic E-state index is 11.9. The van der Waals surface area contributed by atoms with E-state index in [0.717, 1.165) is 11.3 Å². The van der Waals surface area contributed by atoms with E-state index < -0.39 is 0 Å². The van der Waals surface area contributed by atoms with Gasteiger partial charge in [-0.3, -0.25) is 9.79 Å². The Morgan fingerprint density at radius 2 is 1.67 bits per heavy atom. The van der Waals surface area contributed by atoms with Crippen molar-refractivity contribution in [2.45, 2.75) is 19.9 Å². The highest BCUT2D eigenvalue weighted by Crippen LogP contribution is 2.10. The van der Waals surface area contributed by atoms with Gasteiger partial charge in [0.25, 0.3) is 0 Å². The molecule has 6 nitrogen and oxygen atoms in total. The highest BCUT2D eigenvalue weighted by Gasteiger charge is 2.03. The maximum atomic E-state index is 11.9. The van der Waals surface area contributed by atoms with Gasteiger partial charge in [-0.1, -0.05) is 48.0 Å². The van der Waals surface area contributed by atoms with Gasteiger partial charge in [-0.25, -0.2) is 0 Å². The quantitative estimate of drug-likeness (QED) is 0.361. The fourth-order valence-corrected chi connectivity index (χ4v) is 2.37. The van der Waals surface area contributed by atoms with Crippen LogP contribution in [0.15, 0.2) is 59.6 Å². The lowest BCUT2D eigenvalue weighted by Crippen LogP contribution is -2.40. The summed E-state index contributed by atoms with van der Waals surface area (Å²) >= 11 is 0. The molecular weight excluding hydrogens is 340 g/mol. The van der Waals surface area contributed by atoms with Gasteiger partial charge >= 0.3 is 0 Å². The summed E-state index contributed by atoms with van der Waals surface area (Å²) in [6.45, 7) is 4.25. The van der Waals surface area contributed by atoms with Crippen LogP contribution in [0.3, 0.4) is 0 Å². The number of guanidine groups is 1. The third-order valence-corrected chi connectivity index (χ3v) is 3.88. The normalized spacial score (nSPS) is 11.0. The zero-order valence-electron chi connectivity index (χ0n) is 16.0. The second-order valence-electron chi connectivity index (χ2n) is 6.10. The molecule has 0 aliphatic carbocycles. The van der Waals surface area contributed by atoms with Crippen LogP contribution in [0.25, 0.3) is 0 Å². The summed E-state index contributed by atoms with van der Waals surface area (Å²) < 4.78 is 5.66. The molecule has 0 radical (unpaired) electrons. The van der Waals surface area contributed by atoms with Gasteiger partial charge in [-0.15, -0.1) is 0 Å². The van der Waals surface area contributed by atoms with Crippen LogP contribution in [0.4, 0.5) is 0 Å². The first-order chi connectivity index (χ1) is 13.2. The molecule has 0 aliphatic heterocycles. The van der Waals surface area contributed by atoms with E-state index in [2.05, 4.69) is 20.9 Å². The van der Waals surface area contributed by atoms with Crippen LogP contribution in [0, 0.1) is 6.92 Å². The average Bonchev–Trinajstić information content (AvgIpc) is 2.70. The van der Waals surface area contributed by atoms with Crippen LogP contribution < -0.4 is 20.7 Å². The lowest BCUT2D eigenvalue weighted by Gasteiger charge is -2.12. The number of hydrogen-bond donors (Lipinski definition) is 3. The van der Waals surface area contributed by atoms with Crippen LogP contribution in [0.5, 0.6) is 5.75 Å². The second-order valence-corrected chi connectivity index (χ2v) is 6.10. The molecule has 27 heavy (non-hydrogen) atoms. The smallest absolute Gasteiger partial charge is 0.222 e. The Hall–Kier alpha value is -3.02. The third kappa shape index (κ3) is 8.27. The number of carbonyl (C=O) groups is 1. The number of amides is 1. The molecule has 0 spiro atoms. The van der Waals surface area contributed by atoms with E-state index >= 15 is 0 Å². The van der Waals surface area contributed by atoms with Crippen molar-refractivity contribution in [2.24, 2.45) is 4.99 Å². The molecule has 1 amide bonds. The highest BCUT2D eigenvalue weighted by molar-refractivity contribution is 5.81. The molecule has 0 aromatic heterocycles. The van der Waals surface area contributed by atoms with Crippen molar-refractivity contribution in [1.82, 2.24) is 16.0 Å². The Morgan fingerprint density at radius 3 is 2.37 bits per heavy atom. The monoisotopic (exact) mass is 368 g/mol. The minimum atomic E-state index is 0.00418. The zero-order valence-corrected chi connectivity index (χ0v) is 16.0. The van der Waals surface area contributed by atoms with Crippen LogP contribution >= 0.6 is 0 Å². The van der Waals surface area contributed by atoms with Crippen molar-refractivity contribution in [2.75, 3.05) is 26.7 Å². The lowest BCUT2D eigenvalue weighted by molar-refractivity contribution is -0.121. The summed E-state index contributed by atoms with van der Waals surface area (Å²) in [5, 5.41) is 9.20. The van der Waals surface area contributed by atoms with E-state index in [1.807, 2.05) is 61.5 Å². The molecule has 0 heterocycles. The minimum absolute atomic E-state index is 0.00418. The maximum Gasteiger partial charge on any atom is 0.222 e. The van der Waals surface area contributed by atoms with Crippen LogP contribution in [0.2, 0.25) is 0 Å².